The van der Waals surface area contributed by atoms with Crippen molar-refractivity contribution in [1.29, 1.82) is 0 Å². The molecule has 0 spiro atoms. The van der Waals surface area contributed by atoms with Gasteiger partial charge < -0.3 is 14.5 Å². The molecule has 1 aliphatic carbocycles. The van der Waals surface area contributed by atoms with Crippen LogP contribution >= 0.6 is 23.1 Å². The van der Waals surface area contributed by atoms with E-state index in [0.29, 0.717) is 28.3 Å². The standard InChI is InChI=1S/C20H20N4O4S2/c1-3-27-19(26)15-13-5-4-6-14(13)30-18(15)22-16(25)11(2)29-20-24-23-17(28-20)12-7-9-21-10-8-12/h7-11H,3-6H2,1-2H3,(H,22,25). The summed E-state index contributed by atoms with van der Waals surface area (Å²) in [5.41, 5.74) is 2.26. The van der Waals surface area contributed by atoms with E-state index in [1.54, 1.807) is 38.4 Å². The number of ether oxygens (including phenoxy) is 1. The van der Waals surface area contributed by atoms with Crippen molar-refractivity contribution in [1.82, 2.24) is 15.2 Å². The summed E-state index contributed by atoms with van der Waals surface area (Å²) < 4.78 is 10.9. The molecule has 0 saturated heterocycles. The van der Waals surface area contributed by atoms with Crippen molar-refractivity contribution in [3.8, 4) is 11.5 Å². The van der Waals surface area contributed by atoms with Crippen molar-refractivity contribution >= 4 is 40.0 Å². The van der Waals surface area contributed by atoms with E-state index in [1.165, 1.54) is 11.3 Å². The topological polar surface area (TPSA) is 107 Å². The first-order chi connectivity index (χ1) is 14.6. The van der Waals surface area contributed by atoms with Crippen LogP contribution in [0, 0.1) is 0 Å². The van der Waals surface area contributed by atoms with E-state index in [9.17, 15) is 9.59 Å². The predicted molar refractivity (Wildman–Crippen MR) is 114 cm³/mol. The van der Waals surface area contributed by atoms with Gasteiger partial charge in [-0.25, -0.2) is 4.79 Å². The normalized spacial score (nSPS) is 13.7. The molecule has 156 valence electrons. The predicted octanol–water partition coefficient (Wildman–Crippen LogP) is 3.98. The average Bonchev–Trinajstić information content (AvgIpc) is 3.45. The number of thioether (sulfide) groups is 1. The van der Waals surface area contributed by atoms with Gasteiger partial charge in [0.1, 0.15) is 5.00 Å². The summed E-state index contributed by atoms with van der Waals surface area (Å²) in [4.78, 5) is 30.3. The molecule has 0 saturated carbocycles. The minimum Gasteiger partial charge on any atom is -0.462 e. The average molecular weight is 445 g/mol. The number of hydrogen-bond acceptors (Lipinski definition) is 9. The van der Waals surface area contributed by atoms with Crippen LogP contribution in [0.4, 0.5) is 5.00 Å². The lowest BCUT2D eigenvalue weighted by Crippen LogP contribution is -2.23. The van der Waals surface area contributed by atoms with Gasteiger partial charge in [-0.1, -0.05) is 11.8 Å². The van der Waals surface area contributed by atoms with Gasteiger partial charge in [0.05, 0.1) is 17.4 Å². The summed E-state index contributed by atoms with van der Waals surface area (Å²) >= 11 is 2.62. The highest BCUT2D eigenvalue weighted by molar-refractivity contribution is 8.00. The van der Waals surface area contributed by atoms with E-state index in [0.717, 1.165) is 47.0 Å². The van der Waals surface area contributed by atoms with Crippen molar-refractivity contribution in [2.45, 2.75) is 43.6 Å². The van der Waals surface area contributed by atoms with Crippen LogP contribution in [-0.4, -0.2) is 38.9 Å². The number of amides is 1. The molecule has 0 radical (unpaired) electrons. The third kappa shape index (κ3) is 4.24. The Morgan fingerprint density at radius 1 is 1.30 bits per heavy atom. The molecular formula is C20H20N4O4S2. The maximum absolute atomic E-state index is 12.8. The molecule has 0 bridgehead atoms. The third-order valence-electron chi connectivity index (χ3n) is 4.62. The summed E-state index contributed by atoms with van der Waals surface area (Å²) in [5.74, 6) is -0.257. The molecule has 30 heavy (non-hydrogen) atoms. The van der Waals surface area contributed by atoms with Gasteiger partial charge in [0.25, 0.3) is 5.22 Å². The van der Waals surface area contributed by atoms with Gasteiger partial charge in [0.15, 0.2) is 0 Å². The molecule has 4 rings (SSSR count). The molecule has 3 aromatic heterocycles. The highest BCUT2D eigenvalue weighted by Crippen LogP contribution is 2.40. The first-order valence-corrected chi connectivity index (χ1v) is 11.3. The van der Waals surface area contributed by atoms with Gasteiger partial charge in [-0.05, 0) is 50.8 Å². The largest absolute Gasteiger partial charge is 0.462 e. The van der Waals surface area contributed by atoms with Gasteiger partial charge in [-0.3, -0.25) is 9.78 Å². The Morgan fingerprint density at radius 2 is 2.10 bits per heavy atom. The van der Waals surface area contributed by atoms with Crippen molar-refractivity contribution in [2.24, 2.45) is 0 Å². The number of anilines is 1. The second-order valence-electron chi connectivity index (χ2n) is 6.64. The molecule has 1 amide bonds. The lowest BCUT2D eigenvalue weighted by Gasteiger charge is -2.11. The van der Waals surface area contributed by atoms with E-state index in [2.05, 4.69) is 20.5 Å². The zero-order valence-corrected chi connectivity index (χ0v) is 18.1. The molecule has 3 aromatic rings. The number of aromatic nitrogens is 3. The second kappa shape index (κ2) is 8.97. The minimum absolute atomic E-state index is 0.242. The monoisotopic (exact) mass is 444 g/mol. The number of hydrogen-bond donors (Lipinski definition) is 1. The Balaban J connectivity index is 1.46. The molecule has 1 atom stereocenters. The molecule has 1 aliphatic rings. The molecule has 0 aliphatic heterocycles. The lowest BCUT2D eigenvalue weighted by molar-refractivity contribution is -0.115. The Kier molecular flexibility index (Phi) is 6.14. The first-order valence-electron chi connectivity index (χ1n) is 9.60. The van der Waals surface area contributed by atoms with E-state index in [-0.39, 0.29) is 11.9 Å². The number of pyridine rings is 1. The van der Waals surface area contributed by atoms with Crippen LogP contribution in [-0.2, 0) is 22.4 Å². The SMILES string of the molecule is CCOC(=O)c1c(NC(=O)C(C)Sc2nnc(-c3ccncc3)o2)sc2c1CCC2. The number of rotatable bonds is 7. The van der Waals surface area contributed by atoms with Gasteiger partial charge in [-0.2, -0.15) is 0 Å². The molecule has 1 unspecified atom stereocenters. The van der Waals surface area contributed by atoms with Crippen molar-refractivity contribution in [3.05, 3.63) is 40.5 Å². The zero-order chi connectivity index (χ0) is 21.1. The summed E-state index contributed by atoms with van der Waals surface area (Å²) in [6.45, 7) is 3.81. The molecule has 1 N–H and O–H groups in total. The van der Waals surface area contributed by atoms with Crippen molar-refractivity contribution < 1.29 is 18.7 Å². The first kappa shape index (κ1) is 20.5. The maximum atomic E-state index is 12.8. The Morgan fingerprint density at radius 3 is 2.87 bits per heavy atom. The van der Waals surface area contributed by atoms with Crippen LogP contribution in [0.15, 0.2) is 34.2 Å². The molecule has 0 aromatic carbocycles. The third-order valence-corrected chi connectivity index (χ3v) is 6.76. The number of aryl methyl sites for hydroxylation is 1. The van der Waals surface area contributed by atoms with Gasteiger partial charge in [-0.15, -0.1) is 21.5 Å². The second-order valence-corrected chi connectivity index (χ2v) is 9.04. The van der Waals surface area contributed by atoms with E-state index < -0.39 is 5.25 Å². The number of carbonyl (C=O) groups is 2. The van der Waals surface area contributed by atoms with E-state index in [1.807, 2.05) is 0 Å². The van der Waals surface area contributed by atoms with Crippen LogP contribution in [0.25, 0.3) is 11.5 Å². The number of esters is 1. The number of fused-ring (bicyclic) bond motifs is 1. The molecule has 10 heteroatoms. The zero-order valence-electron chi connectivity index (χ0n) is 16.5. The van der Waals surface area contributed by atoms with E-state index >= 15 is 0 Å². The van der Waals surface area contributed by atoms with Crippen LogP contribution in [0.5, 0.6) is 0 Å². The summed E-state index contributed by atoms with van der Waals surface area (Å²) in [6, 6.07) is 3.54. The highest BCUT2D eigenvalue weighted by atomic mass is 32.2. The Labute approximate surface area is 181 Å². The van der Waals surface area contributed by atoms with Gasteiger partial charge in [0.2, 0.25) is 11.8 Å². The number of nitrogens with one attached hydrogen (secondary N) is 1. The van der Waals surface area contributed by atoms with Gasteiger partial charge >= 0.3 is 5.97 Å². The highest BCUT2D eigenvalue weighted by Gasteiger charge is 2.29. The molecule has 0 fully saturated rings. The number of carbonyl (C=O) groups excluding carboxylic acids is 2. The fraction of sp³-hybridized carbons (Fsp3) is 0.350. The summed E-state index contributed by atoms with van der Waals surface area (Å²) in [6.07, 6.45) is 6.06. The smallest absolute Gasteiger partial charge is 0.341 e. The quantitative estimate of drug-likeness (QED) is 0.431. The Bertz CT molecular complexity index is 1060. The van der Waals surface area contributed by atoms with Crippen LogP contribution < -0.4 is 5.32 Å². The Hall–Kier alpha value is -2.72. The van der Waals surface area contributed by atoms with Crippen LogP contribution in [0.1, 0.15) is 41.1 Å². The fourth-order valence-electron chi connectivity index (χ4n) is 3.20. The molecular weight excluding hydrogens is 424 g/mol. The van der Waals surface area contributed by atoms with Crippen molar-refractivity contribution in [2.75, 3.05) is 11.9 Å². The molecule has 8 nitrogen and oxygen atoms in total. The maximum Gasteiger partial charge on any atom is 0.341 e. The van der Waals surface area contributed by atoms with Gasteiger partial charge in [0, 0.05) is 22.8 Å². The summed E-state index contributed by atoms with van der Waals surface area (Å²) in [7, 11) is 0. The van der Waals surface area contributed by atoms with Crippen molar-refractivity contribution in [3.63, 3.8) is 0 Å². The fourth-order valence-corrected chi connectivity index (χ4v) is 5.16. The molecule has 3 heterocycles. The van der Waals surface area contributed by atoms with Crippen LogP contribution in [0.2, 0.25) is 0 Å². The van der Waals surface area contributed by atoms with Crippen LogP contribution in [0.3, 0.4) is 0 Å². The van der Waals surface area contributed by atoms with E-state index in [4.69, 9.17) is 9.15 Å². The minimum atomic E-state index is -0.497. The number of nitrogens with zero attached hydrogens (tertiary/aromatic N) is 3. The number of thiophene rings is 1. The summed E-state index contributed by atoms with van der Waals surface area (Å²) in [5, 5.41) is 11.3. The lowest BCUT2D eigenvalue weighted by atomic mass is 10.1.